The Balaban J connectivity index is 2.14. The van der Waals surface area contributed by atoms with Crippen LogP contribution >= 0.6 is 15.9 Å². The predicted octanol–water partition coefficient (Wildman–Crippen LogP) is 2.61. The monoisotopic (exact) mass is 328 g/mol. The molecule has 1 fully saturated rings. The maximum Gasteiger partial charge on any atom is 0.257 e. The van der Waals surface area contributed by atoms with Gasteiger partial charge in [-0.1, -0.05) is 0 Å². The number of hydrogen-bond donors (Lipinski definition) is 1. The van der Waals surface area contributed by atoms with Gasteiger partial charge in [-0.05, 0) is 41.6 Å². The van der Waals surface area contributed by atoms with Crippen molar-refractivity contribution < 1.29 is 14.3 Å². The van der Waals surface area contributed by atoms with E-state index < -0.39 is 5.60 Å². The van der Waals surface area contributed by atoms with Gasteiger partial charge in [0.15, 0.2) is 0 Å². The van der Waals surface area contributed by atoms with Crippen LogP contribution in [0.3, 0.4) is 0 Å². The van der Waals surface area contributed by atoms with Gasteiger partial charge in [0.05, 0.1) is 11.6 Å². The summed E-state index contributed by atoms with van der Waals surface area (Å²) in [5.74, 6) is 1.19. The van der Waals surface area contributed by atoms with E-state index in [1.807, 2.05) is 6.92 Å². The maximum absolute atomic E-state index is 12.3. The fourth-order valence-electron chi connectivity index (χ4n) is 1.96. The summed E-state index contributed by atoms with van der Waals surface area (Å²) in [7, 11) is 3.13. The zero-order valence-electron chi connectivity index (χ0n) is 11.2. The number of anilines is 1. The van der Waals surface area contributed by atoms with Gasteiger partial charge in [0.1, 0.15) is 17.2 Å². The van der Waals surface area contributed by atoms with Crippen LogP contribution in [0.2, 0.25) is 0 Å². The first-order valence-electron chi connectivity index (χ1n) is 6.07. The van der Waals surface area contributed by atoms with Crippen LogP contribution in [0.1, 0.15) is 19.8 Å². The van der Waals surface area contributed by atoms with E-state index in [0.29, 0.717) is 11.6 Å². The first kappa shape index (κ1) is 14.3. The van der Waals surface area contributed by atoms with Crippen molar-refractivity contribution in [3.05, 3.63) is 16.7 Å². The van der Waals surface area contributed by atoms with Gasteiger partial charge in [0.25, 0.3) is 5.91 Å². The van der Waals surface area contributed by atoms with Crippen molar-refractivity contribution in [3.8, 4) is 5.75 Å². The summed E-state index contributed by atoms with van der Waals surface area (Å²) < 4.78 is 11.3. The summed E-state index contributed by atoms with van der Waals surface area (Å²) in [4.78, 5) is 16.4. The third kappa shape index (κ3) is 2.90. The minimum Gasteiger partial charge on any atom is -0.495 e. The Bertz CT molecular complexity index is 491. The van der Waals surface area contributed by atoms with Gasteiger partial charge in [0.2, 0.25) is 0 Å². The first-order valence-corrected chi connectivity index (χ1v) is 6.86. The van der Waals surface area contributed by atoms with Gasteiger partial charge in [-0.15, -0.1) is 0 Å². The molecule has 1 amide bonds. The average Bonchev–Trinajstić information content (AvgIpc) is 3.24. The normalized spacial score (nSPS) is 17.7. The quantitative estimate of drug-likeness (QED) is 0.902. The number of amides is 1. The SMILES string of the molecule is COc1cc(NC(=O)[C@@](C)(OC)C2CC2)ncc1Br. The molecule has 1 atom stereocenters. The summed E-state index contributed by atoms with van der Waals surface area (Å²) in [6, 6.07) is 1.67. The van der Waals surface area contributed by atoms with Crippen LogP contribution in [0.15, 0.2) is 16.7 Å². The minimum absolute atomic E-state index is 0.172. The van der Waals surface area contributed by atoms with Gasteiger partial charge in [0, 0.05) is 19.4 Å². The number of methoxy groups -OCH3 is 2. The van der Waals surface area contributed by atoms with Gasteiger partial charge in [-0.25, -0.2) is 4.98 Å². The maximum atomic E-state index is 12.3. The van der Waals surface area contributed by atoms with E-state index in [0.717, 1.165) is 17.3 Å². The third-order valence-corrected chi connectivity index (χ3v) is 4.11. The van der Waals surface area contributed by atoms with Crippen LogP contribution in [-0.2, 0) is 9.53 Å². The number of ether oxygens (including phenoxy) is 2. The molecule has 1 aliphatic carbocycles. The summed E-state index contributed by atoms with van der Waals surface area (Å²) in [6.45, 7) is 1.82. The molecule has 0 aliphatic heterocycles. The van der Waals surface area contributed by atoms with Crippen molar-refractivity contribution in [1.82, 2.24) is 4.98 Å². The number of nitrogens with zero attached hydrogens (tertiary/aromatic N) is 1. The van der Waals surface area contributed by atoms with E-state index in [2.05, 4.69) is 26.2 Å². The fraction of sp³-hybridized carbons (Fsp3) is 0.538. The lowest BCUT2D eigenvalue weighted by atomic mass is 9.99. The number of carbonyl (C=O) groups is 1. The summed E-state index contributed by atoms with van der Waals surface area (Å²) in [5.41, 5.74) is -0.790. The van der Waals surface area contributed by atoms with Crippen LogP contribution in [-0.4, -0.2) is 30.7 Å². The zero-order chi connectivity index (χ0) is 14.0. The molecule has 19 heavy (non-hydrogen) atoms. The molecule has 0 saturated heterocycles. The van der Waals surface area contributed by atoms with Gasteiger partial charge in [-0.2, -0.15) is 0 Å². The molecule has 0 radical (unpaired) electrons. The predicted molar refractivity (Wildman–Crippen MR) is 75.3 cm³/mol. The number of aromatic nitrogens is 1. The highest BCUT2D eigenvalue weighted by atomic mass is 79.9. The molecule has 0 spiro atoms. The van der Waals surface area contributed by atoms with Crippen LogP contribution in [0.5, 0.6) is 5.75 Å². The van der Waals surface area contributed by atoms with Gasteiger partial charge >= 0.3 is 0 Å². The second-order valence-electron chi connectivity index (χ2n) is 4.74. The molecule has 1 saturated carbocycles. The zero-order valence-corrected chi connectivity index (χ0v) is 12.8. The smallest absolute Gasteiger partial charge is 0.257 e. The molecule has 0 bridgehead atoms. The number of halogens is 1. The van der Waals surface area contributed by atoms with E-state index in [1.54, 1.807) is 26.5 Å². The Labute approximate surface area is 120 Å². The Hall–Kier alpha value is -1.14. The lowest BCUT2D eigenvalue weighted by Gasteiger charge is -2.26. The number of nitrogens with one attached hydrogen (secondary N) is 1. The lowest BCUT2D eigenvalue weighted by Crippen LogP contribution is -2.44. The van der Waals surface area contributed by atoms with Crippen LogP contribution < -0.4 is 10.1 Å². The Morgan fingerprint density at radius 2 is 2.21 bits per heavy atom. The third-order valence-electron chi connectivity index (χ3n) is 3.51. The molecular weight excluding hydrogens is 312 g/mol. The van der Waals surface area contributed by atoms with Crippen molar-refractivity contribution in [2.75, 3.05) is 19.5 Å². The molecule has 1 aromatic heterocycles. The van der Waals surface area contributed by atoms with E-state index in [1.165, 1.54) is 0 Å². The molecule has 5 nitrogen and oxygen atoms in total. The van der Waals surface area contributed by atoms with Gasteiger partial charge < -0.3 is 14.8 Å². The number of carbonyl (C=O) groups excluding carboxylic acids is 1. The molecular formula is C13H17BrN2O3. The lowest BCUT2D eigenvalue weighted by molar-refractivity contribution is -0.138. The largest absolute Gasteiger partial charge is 0.495 e. The molecule has 1 N–H and O–H groups in total. The molecule has 6 heteroatoms. The van der Waals surface area contributed by atoms with E-state index >= 15 is 0 Å². The number of pyridine rings is 1. The molecule has 1 heterocycles. The Kier molecular flexibility index (Phi) is 4.10. The van der Waals surface area contributed by atoms with E-state index in [9.17, 15) is 4.79 Å². The Morgan fingerprint density at radius 1 is 1.53 bits per heavy atom. The molecule has 2 rings (SSSR count). The van der Waals surface area contributed by atoms with E-state index in [-0.39, 0.29) is 11.8 Å². The number of rotatable bonds is 5. The summed E-state index contributed by atoms with van der Waals surface area (Å²) in [6.07, 6.45) is 3.64. The highest BCUT2D eigenvalue weighted by Crippen LogP contribution is 2.42. The second-order valence-corrected chi connectivity index (χ2v) is 5.60. The number of hydrogen-bond acceptors (Lipinski definition) is 4. The minimum atomic E-state index is -0.790. The molecule has 1 aliphatic rings. The molecule has 0 unspecified atom stereocenters. The molecule has 0 aromatic carbocycles. The summed E-state index contributed by atoms with van der Waals surface area (Å²) in [5, 5.41) is 2.78. The van der Waals surface area contributed by atoms with Gasteiger partial charge in [-0.3, -0.25) is 4.79 Å². The Morgan fingerprint density at radius 3 is 2.74 bits per heavy atom. The second kappa shape index (κ2) is 5.46. The first-order chi connectivity index (χ1) is 9.01. The van der Waals surface area contributed by atoms with Crippen molar-refractivity contribution in [1.29, 1.82) is 0 Å². The standard InChI is InChI=1S/C13H17BrN2O3/c1-13(19-3,8-4-5-8)12(17)16-11-6-10(18-2)9(14)7-15-11/h6-8H,4-5H2,1-3H3,(H,15,16,17)/t13-/m0/s1. The van der Waals surface area contributed by atoms with Crippen LogP contribution in [0.25, 0.3) is 0 Å². The molecule has 104 valence electrons. The van der Waals surface area contributed by atoms with Crippen molar-refractivity contribution in [2.45, 2.75) is 25.4 Å². The highest BCUT2D eigenvalue weighted by Gasteiger charge is 2.47. The topological polar surface area (TPSA) is 60.5 Å². The van der Waals surface area contributed by atoms with Crippen molar-refractivity contribution in [3.63, 3.8) is 0 Å². The van der Waals surface area contributed by atoms with Crippen molar-refractivity contribution >= 4 is 27.7 Å². The van der Waals surface area contributed by atoms with Crippen LogP contribution in [0, 0.1) is 5.92 Å². The average molecular weight is 329 g/mol. The fourth-order valence-corrected chi connectivity index (χ4v) is 2.34. The highest BCUT2D eigenvalue weighted by molar-refractivity contribution is 9.10. The molecule has 1 aromatic rings. The van der Waals surface area contributed by atoms with Crippen LogP contribution in [0.4, 0.5) is 5.82 Å². The van der Waals surface area contributed by atoms with E-state index in [4.69, 9.17) is 9.47 Å². The summed E-state index contributed by atoms with van der Waals surface area (Å²) >= 11 is 3.32. The van der Waals surface area contributed by atoms with Crippen molar-refractivity contribution in [2.24, 2.45) is 5.92 Å².